The highest BCUT2D eigenvalue weighted by Gasteiger charge is 2.15. The summed E-state index contributed by atoms with van der Waals surface area (Å²) in [5.74, 6) is 0.208. The van der Waals surface area contributed by atoms with Crippen LogP contribution in [0.15, 0.2) is 24.3 Å². The Hall–Kier alpha value is -1.82. The maximum Gasteiger partial charge on any atom is 0.129 e. The molecule has 1 aromatic carbocycles. The van der Waals surface area contributed by atoms with Gasteiger partial charge in [-0.2, -0.15) is 5.26 Å². The minimum Gasteiger partial charge on any atom is -0.493 e. The number of allylic oxidation sites excluding steroid dienone is 1. The van der Waals surface area contributed by atoms with Crippen molar-refractivity contribution in [3.63, 3.8) is 0 Å². The minimum absolute atomic E-state index is 0.318. The van der Waals surface area contributed by atoms with E-state index in [4.69, 9.17) is 10.00 Å². The van der Waals surface area contributed by atoms with Gasteiger partial charge in [-0.15, -0.1) is 0 Å². The maximum absolute atomic E-state index is 12.8. The van der Waals surface area contributed by atoms with Crippen molar-refractivity contribution in [2.45, 2.75) is 6.42 Å². The second-order valence-corrected chi connectivity index (χ2v) is 3.04. The zero-order chi connectivity index (χ0) is 9.97. The molecule has 0 atom stereocenters. The molecule has 0 fully saturated rings. The van der Waals surface area contributed by atoms with Gasteiger partial charge in [0.05, 0.1) is 12.7 Å². The van der Waals surface area contributed by atoms with Crippen LogP contribution in [-0.4, -0.2) is 6.61 Å². The van der Waals surface area contributed by atoms with Crippen LogP contribution in [0.1, 0.15) is 12.0 Å². The number of hydrogen-bond acceptors (Lipinski definition) is 2. The number of ether oxygens (including phenoxy) is 1. The fourth-order valence-electron chi connectivity index (χ4n) is 1.51. The average molecular weight is 189 g/mol. The van der Waals surface area contributed by atoms with E-state index < -0.39 is 0 Å². The number of hydrogen-bond donors (Lipinski definition) is 0. The number of benzene rings is 1. The molecule has 70 valence electrons. The van der Waals surface area contributed by atoms with Crippen molar-refractivity contribution in [2.75, 3.05) is 6.61 Å². The van der Waals surface area contributed by atoms with Crippen LogP contribution in [0.3, 0.4) is 0 Å². The third-order valence-electron chi connectivity index (χ3n) is 2.16. The normalized spacial score (nSPS) is 17.0. The summed E-state index contributed by atoms with van der Waals surface area (Å²) in [4.78, 5) is 0. The summed E-state index contributed by atoms with van der Waals surface area (Å²) in [6.07, 6.45) is 2.19. The molecule has 0 amide bonds. The molecule has 0 aromatic heterocycles. The van der Waals surface area contributed by atoms with E-state index in [0.717, 1.165) is 11.1 Å². The number of nitrogens with zero attached hydrogens (tertiary/aromatic N) is 1. The predicted octanol–water partition coefficient (Wildman–Crippen LogP) is 2.52. The third-order valence-corrected chi connectivity index (χ3v) is 2.16. The molecule has 1 aromatic rings. The van der Waals surface area contributed by atoms with Gasteiger partial charge in [0.15, 0.2) is 0 Å². The summed E-state index contributed by atoms with van der Waals surface area (Å²) in [6.45, 7) is 0.504. The Morgan fingerprint density at radius 2 is 2.36 bits per heavy atom. The molecule has 0 radical (unpaired) electrons. The van der Waals surface area contributed by atoms with Crippen LogP contribution in [0, 0.1) is 17.1 Å². The highest BCUT2D eigenvalue weighted by atomic mass is 19.1. The van der Waals surface area contributed by atoms with Crippen LogP contribution in [-0.2, 0) is 0 Å². The molecule has 1 aliphatic heterocycles. The largest absolute Gasteiger partial charge is 0.493 e. The first-order valence-electron chi connectivity index (χ1n) is 4.32. The molecule has 0 bridgehead atoms. The Morgan fingerprint density at radius 3 is 3.14 bits per heavy atom. The van der Waals surface area contributed by atoms with Crippen molar-refractivity contribution in [3.05, 3.63) is 35.7 Å². The first kappa shape index (κ1) is 8.76. The third kappa shape index (κ3) is 1.47. The Morgan fingerprint density at radius 1 is 1.50 bits per heavy atom. The zero-order valence-corrected chi connectivity index (χ0v) is 7.46. The van der Waals surface area contributed by atoms with E-state index in [0.29, 0.717) is 18.8 Å². The van der Waals surface area contributed by atoms with E-state index in [1.165, 1.54) is 18.2 Å². The second kappa shape index (κ2) is 3.51. The van der Waals surface area contributed by atoms with E-state index in [-0.39, 0.29) is 5.82 Å². The quantitative estimate of drug-likeness (QED) is 0.587. The first-order valence-corrected chi connectivity index (χ1v) is 4.32. The first-order chi connectivity index (χ1) is 6.81. The summed E-state index contributed by atoms with van der Waals surface area (Å²) in [5, 5.41) is 8.56. The summed E-state index contributed by atoms with van der Waals surface area (Å²) < 4.78 is 18.1. The molecule has 0 N–H and O–H groups in total. The van der Waals surface area contributed by atoms with Gasteiger partial charge < -0.3 is 4.74 Å². The van der Waals surface area contributed by atoms with Gasteiger partial charge in [-0.25, -0.2) is 4.39 Å². The molecule has 0 unspecified atom stereocenters. The van der Waals surface area contributed by atoms with Crippen LogP contribution in [0.4, 0.5) is 4.39 Å². The molecule has 1 heterocycles. The lowest BCUT2D eigenvalue weighted by Gasteiger charge is -2.19. The van der Waals surface area contributed by atoms with Gasteiger partial charge in [-0.05, 0) is 17.7 Å². The summed E-state index contributed by atoms with van der Waals surface area (Å²) in [6, 6.07) is 6.35. The van der Waals surface area contributed by atoms with Gasteiger partial charge >= 0.3 is 0 Å². The molecule has 0 aliphatic carbocycles. The molecule has 0 spiro atoms. The zero-order valence-electron chi connectivity index (χ0n) is 7.46. The van der Waals surface area contributed by atoms with Gasteiger partial charge in [0.2, 0.25) is 0 Å². The minimum atomic E-state index is -0.318. The van der Waals surface area contributed by atoms with Crippen molar-refractivity contribution < 1.29 is 9.13 Å². The fraction of sp³-hybridized carbons (Fsp3) is 0.182. The number of rotatable bonds is 0. The van der Waals surface area contributed by atoms with Crippen molar-refractivity contribution in [1.29, 1.82) is 5.26 Å². The Balaban J connectivity index is 2.51. The summed E-state index contributed by atoms with van der Waals surface area (Å²) in [7, 11) is 0. The maximum atomic E-state index is 12.8. The average Bonchev–Trinajstić information content (AvgIpc) is 2.18. The van der Waals surface area contributed by atoms with Gasteiger partial charge in [-0.3, -0.25) is 0 Å². The molecule has 14 heavy (non-hydrogen) atoms. The molecule has 0 saturated heterocycles. The van der Waals surface area contributed by atoms with Crippen LogP contribution < -0.4 is 4.74 Å². The van der Waals surface area contributed by atoms with Crippen molar-refractivity contribution in [1.82, 2.24) is 0 Å². The summed E-state index contributed by atoms with van der Waals surface area (Å²) >= 11 is 0. The van der Waals surface area contributed by atoms with E-state index in [2.05, 4.69) is 0 Å². The van der Waals surface area contributed by atoms with Crippen molar-refractivity contribution >= 4 is 5.57 Å². The standard InChI is InChI=1S/C11H8FNO/c12-9-1-2-10-8(3-5-13)4-6-14-11(10)7-9/h1-3,7H,4,6H2/b8-3+. The van der Waals surface area contributed by atoms with Crippen LogP contribution in [0.5, 0.6) is 5.75 Å². The van der Waals surface area contributed by atoms with Crippen molar-refractivity contribution in [2.24, 2.45) is 0 Å². The topological polar surface area (TPSA) is 33.0 Å². The van der Waals surface area contributed by atoms with Gasteiger partial charge in [0, 0.05) is 24.1 Å². The predicted molar refractivity (Wildman–Crippen MR) is 50.1 cm³/mol. The van der Waals surface area contributed by atoms with Crippen LogP contribution in [0.25, 0.3) is 5.57 Å². The smallest absolute Gasteiger partial charge is 0.129 e. The lowest BCUT2D eigenvalue weighted by atomic mass is 10.00. The van der Waals surface area contributed by atoms with Gasteiger partial charge in [-0.1, -0.05) is 0 Å². The Bertz CT molecular complexity index is 431. The van der Waals surface area contributed by atoms with E-state index >= 15 is 0 Å². The number of halogens is 1. The van der Waals surface area contributed by atoms with E-state index in [9.17, 15) is 4.39 Å². The highest BCUT2D eigenvalue weighted by molar-refractivity contribution is 5.73. The SMILES string of the molecule is N#C/C=C1\CCOc2cc(F)ccc21. The second-order valence-electron chi connectivity index (χ2n) is 3.04. The van der Waals surface area contributed by atoms with E-state index in [1.807, 2.05) is 6.07 Å². The van der Waals surface area contributed by atoms with Crippen LogP contribution in [0.2, 0.25) is 0 Å². The highest BCUT2D eigenvalue weighted by Crippen LogP contribution is 2.32. The molecule has 2 rings (SSSR count). The number of nitriles is 1. The van der Waals surface area contributed by atoms with E-state index in [1.54, 1.807) is 6.07 Å². The molecular weight excluding hydrogens is 181 g/mol. The molecular formula is C11H8FNO. The Kier molecular flexibility index (Phi) is 2.19. The fourth-order valence-corrected chi connectivity index (χ4v) is 1.51. The molecule has 1 aliphatic rings. The Labute approximate surface area is 81.2 Å². The lowest BCUT2D eigenvalue weighted by Crippen LogP contribution is -2.07. The van der Waals surface area contributed by atoms with Crippen LogP contribution >= 0.6 is 0 Å². The number of fused-ring (bicyclic) bond motifs is 1. The molecule has 2 nitrogen and oxygen atoms in total. The summed E-state index contributed by atoms with van der Waals surface area (Å²) in [5.41, 5.74) is 1.73. The van der Waals surface area contributed by atoms with Crippen molar-refractivity contribution in [3.8, 4) is 11.8 Å². The monoisotopic (exact) mass is 189 g/mol. The van der Waals surface area contributed by atoms with Gasteiger partial charge in [0.1, 0.15) is 11.6 Å². The molecule has 0 saturated carbocycles. The van der Waals surface area contributed by atoms with Gasteiger partial charge in [0.25, 0.3) is 0 Å². The lowest BCUT2D eigenvalue weighted by molar-refractivity contribution is 0.314. The molecule has 3 heteroatoms.